The van der Waals surface area contributed by atoms with Crippen molar-refractivity contribution in [1.82, 2.24) is 20.0 Å². The van der Waals surface area contributed by atoms with E-state index in [0.29, 0.717) is 32.8 Å². The quantitative estimate of drug-likeness (QED) is 0.642. The molecule has 1 fully saturated rings. The van der Waals surface area contributed by atoms with Crippen LogP contribution in [-0.2, 0) is 11.3 Å². The van der Waals surface area contributed by atoms with Crippen molar-refractivity contribution in [3.8, 4) is 0 Å². The smallest absolute Gasteiger partial charge is 0.164 e. The van der Waals surface area contributed by atoms with Crippen molar-refractivity contribution >= 4 is 28.5 Å². The van der Waals surface area contributed by atoms with Crippen LogP contribution < -0.4 is 15.3 Å². The molecular weight excluding hydrogens is 394 g/mol. The lowest BCUT2D eigenvalue weighted by Gasteiger charge is -2.32. The van der Waals surface area contributed by atoms with Crippen LogP contribution >= 0.6 is 0 Å². The van der Waals surface area contributed by atoms with Crippen LogP contribution in [0.3, 0.4) is 0 Å². The molecule has 1 aromatic carbocycles. The molecule has 0 atom stereocenters. The number of hydrogen-bond acceptors (Lipinski definition) is 8. The number of anilines is 2. The van der Waals surface area contributed by atoms with Gasteiger partial charge in [-0.2, -0.15) is 0 Å². The van der Waals surface area contributed by atoms with Crippen LogP contribution in [0.2, 0.25) is 0 Å². The Bertz CT molecular complexity index is 1100. The largest absolute Gasteiger partial charge is 0.395 e. The molecule has 5 rings (SSSR count). The summed E-state index contributed by atoms with van der Waals surface area (Å²) < 4.78 is 7.45. The summed E-state index contributed by atoms with van der Waals surface area (Å²) in [6.07, 6.45) is 1.75. The number of morpholine rings is 1. The van der Waals surface area contributed by atoms with Crippen molar-refractivity contribution in [2.75, 3.05) is 55.9 Å². The van der Waals surface area contributed by atoms with E-state index in [-0.39, 0.29) is 6.61 Å². The highest BCUT2D eigenvalue weighted by Crippen LogP contribution is 2.30. The van der Waals surface area contributed by atoms with Gasteiger partial charge in [-0.1, -0.05) is 23.8 Å². The number of amidine groups is 1. The molecular formula is C22H27N7O2. The number of aliphatic hydroxyl groups is 1. The summed E-state index contributed by atoms with van der Waals surface area (Å²) in [5, 5.41) is 11.5. The molecule has 3 aromatic rings. The number of pyridine rings is 1. The van der Waals surface area contributed by atoms with E-state index >= 15 is 0 Å². The number of hydrazine groups is 1. The van der Waals surface area contributed by atoms with E-state index in [9.17, 15) is 5.11 Å². The number of rotatable bonds is 5. The van der Waals surface area contributed by atoms with Crippen molar-refractivity contribution in [2.45, 2.75) is 13.5 Å². The predicted octanol–water partition coefficient (Wildman–Crippen LogP) is 1.34. The van der Waals surface area contributed by atoms with Crippen LogP contribution in [0.5, 0.6) is 0 Å². The highest BCUT2D eigenvalue weighted by atomic mass is 16.5. The number of aryl methyl sites for hydroxylation is 1. The Balaban J connectivity index is 1.53. The van der Waals surface area contributed by atoms with Crippen LogP contribution in [-0.4, -0.2) is 71.5 Å². The summed E-state index contributed by atoms with van der Waals surface area (Å²) in [5.41, 5.74) is 8.37. The molecule has 2 aromatic heterocycles. The fourth-order valence-corrected chi connectivity index (χ4v) is 4.06. The third-order valence-corrected chi connectivity index (χ3v) is 5.63. The third kappa shape index (κ3) is 3.94. The van der Waals surface area contributed by atoms with Gasteiger partial charge in [-0.3, -0.25) is 15.4 Å². The molecule has 0 unspecified atom stereocenters. The zero-order valence-electron chi connectivity index (χ0n) is 17.7. The summed E-state index contributed by atoms with van der Waals surface area (Å²) in [6, 6.07) is 10.4. The monoisotopic (exact) mass is 421 g/mol. The van der Waals surface area contributed by atoms with Gasteiger partial charge < -0.3 is 19.3 Å². The number of ether oxygens (including phenoxy) is 1. The Labute approximate surface area is 181 Å². The number of aliphatic imine (C=N–C) groups is 1. The molecule has 4 heterocycles. The highest BCUT2D eigenvalue weighted by molar-refractivity contribution is 6.00. The molecule has 2 aliphatic heterocycles. The number of imidazole rings is 1. The first-order valence-corrected chi connectivity index (χ1v) is 10.7. The molecule has 0 aliphatic carbocycles. The van der Waals surface area contributed by atoms with Gasteiger partial charge in [0.15, 0.2) is 11.5 Å². The van der Waals surface area contributed by atoms with Crippen LogP contribution in [0.1, 0.15) is 11.1 Å². The van der Waals surface area contributed by atoms with E-state index in [4.69, 9.17) is 9.72 Å². The Morgan fingerprint density at radius 2 is 2.03 bits per heavy atom. The average molecular weight is 422 g/mol. The first-order valence-electron chi connectivity index (χ1n) is 10.7. The minimum absolute atomic E-state index is 0.0381. The van der Waals surface area contributed by atoms with Gasteiger partial charge in [0.05, 0.1) is 44.9 Å². The number of benzene rings is 1. The predicted molar refractivity (Wildman–Crippen MR) is 121 cm³/mol. The fraction of sp³-hybridized carbons (Fsp3) is 0.409. The van der Waals surface area contributed by atoms with Gasteiger partial charge in [0.25, 0.3) is 0 Å². The number of aliphatic hydroxyl groups excluding tert-OH is 1. The standard InChI is InChI=1S/C22H27N7O2/c1-16-3-2-4-17(13-16)21-23-5-6-29(26-21)19-14-18(27-8-11-31-12-9-27)20-22(25-19)28(7-10-30)15-24-20/h2-4,13-15,30H,5-12H2,1H3,(H,23,26). The normalized spacial score (nSPS) is 17.0. The number of nitrogens with one attached hydrogen (secondary N) is 1. The fourth-order valence-electron chi connectivity index (χ4n) is 4.06. The lowest BCUT2D eigenvalue weighted by molar-refractivity contribution is 0.123. The molecule has 0 radical (unpaired) electrons. The van der Waals surface area contributed by atoms with Crippen LogP contribution in [0.4, 0.5) is 11.5 Å². The molecule has 162 valence electrons. The highest BCUT2D eigenvalue weighted by Gasteiger charge is 2.23. The van der Waals surface area contributed by atoms with E-state index in [1.54, 1.807) is 6.33 Å². The molecule has 0 amide bonds. The van der Waals surface area contributed by atoms with Gasteiger partial charge >= 0.3 is 0 Å². The molecule has 9 nitrogen and oxygen atoms in total. The van der Waals surface area contributed by atoms with Crippen molar-refractivity contribution in [1.29, 1.82) is 0 Å². The van der Waals surface area contributed by atoms with Crippen LogP contribution in [0, 0.1) is 6.92 Å². The van der Waals surface area contributed by atoms with E-state index in [0.717, 1.165) is 47.2 Å². The minimum atomic E-state index is 0.0381. The summed E-state index contributed by atoms with van der Waals surface area (Å²) >= 11 is 0. The van der Waals surface area contributed by atoms with Crippen molar-refractivity contribution in [3.05, 3.63) is 47.8 Å². The van der Waals surface area contributed by atoms with Gasteiger partial charge in [0.1, 0.15) is 11.4 Å². The van der Waals surface area contributed by atoms with Gasteiger partial charge in [0, 0.05) is 31.3 Å². The second kappa shape index (κ2) is 8.52. The third-order valence-electron chi connectivity index (χ3n) is 5.63. The van der Waals surface area contributed by atoms with Crippen molar-refractivity contribution < 1.29 is 9.84 Å². The summed E-state index contributed by atoms with van der Waals surface area (Å²) in [4.78, 5) is 16.5. The molecule has 0 bridgehead atoms. The molecule has 1 saturated heterocycles. The van der Waals surface area contributed by atoms with Crippen LogP contribution in [0.15, 0.2) is 41.7 Å². The summed E-state index contributed by atoms with van der Waals surface area (Å²) in [6.45, 7) is 6.99. The zero-order chi connectivity index (χ0) is 21.2. The topological polar surface area (TPSA) is 91.0 Å². The van der Waals surface area contributed by atoms with Gasteiger partial charge in [-0.15, -0.1) is 0 Å². The van der Waals surface area contributed by atoms with Crippen molar-refractivity contribution in [3.63, 3.8) is 0 Å². The lowest BCUT2D eigenvalue weighted by Crippen LogP contribution is -2.48. The van der Waals surface area contributed by atoms with E-state index < -0.39 is 0 Å². The maximum atomic E-state index is 9.47. The minimum Gasteiger partial charge on any atom is -0.395 e. The zero-order valence-corrected chi connectivity index (χ0v) is 17.7. The second-order valence-corrected chi connectivity index (χ2v) is 7.80. The first kappa shape index (κ1) is 19.8. The lowest BCUT2D eigenvalue weighted by atomic mass is 10.1. The van der Waals surface area contributed by atoms with Crippen LogP contribution in [0.25, 0.3) is 11.2 Å². The van der Waals surface area contributed by atoms with Gasteiger partial charge in [-0.25, -0.2) is 9.97 Å². The number of aromatic nitrogens is 3. The molecule has 2 N–H and O–H groups in total. The average Bonchev–Trinajstić information content (AvgIpc) is 3.22. The van der Waals surface area contributed by atoms with E-state index in [2.05, 4.69) is 51.5 Å². The van der Waals surface area contributed by atoms with Gasteiger partial charge in [0.2, 0.25) is 0 Å². The Morgan fingerprint density at radius 3 is 2.84 bits per heavy atom. The Kier molecular flexibility index (Phi) is 5.44. The van der Waals surface area contributed by atoms with Crippen molar-refractivity contribution in [2.24, 2.45) is 4.99 Å². The first-order chi connectivity index (χ1) is 15.2. The van der Waals surface area contributed by atoms with Gasteiger partial charge in [-0.05, 0) is 13.0 Å². The van der Waals surface area contributed by atoms with E-state index in [1.807, 2.05) is 15.6 Å². The maximum Gasteiger partial charge on any atom is 0.164 e. The maximum absolute atomic E-state index is 9.47. The summed E-state index contributed by atoms with van der Waals surface area (Å²) in [7, 11) is 0. The second-order valence-electron chi connectivity index (χ2n) is 7.80. The molecule has 9 heteroatoms. The summed E-state index contributed by atoms with van der Waals surface area (Å²) in [5.74, 6) is 1.65. The number of fused-ring (bicyclic) bond motifs is 1. The molecule has 0 saturated carbocycles. The molecule has 0 spiro atoms. The molecule has 31 heavy (non-hydrogen) atoms. The Morgan fingerprint density at radius 1 is 1.16 bits per heavy atom. The number of hydrogen-bond donors (Lipinski definition) is 2. The SMILES string of the molecule is Cc1cccc(C2=NCCN(c3cc(N4CCOCC4)c4ncn(CCO)c4n3)N2)c1. The van der Waals surface area contributed by atoms with E-state index in [1.165, 1.54) is 5.56 Å². The number of nitrogens with zero attached hydrogens (tertiary/aromatic N) is 6. The Hall–Kier alpha value is -3.17. The molecule has 2 aliphatic rings.